The highest BCUT2D eigenvalue weighted by atomic mass is 16.3. The average molecular weight is 364 g/mol. The van der Waals surface area contributed by atoms with Gasteiger partial charge in [-0.05, 0) is 18.1 Å². The zero-order valence-electron chi connectivity index (χ0n) is 15.2. The number of carbonyl (C=O) groups is 1. The highest BCUT2D eigenvalue weighted by molar-refractivity contribution is 5.91. The van der Waals surface area contributed by atoms with Crippen LogP contribution in [0, 0.1) is 5.92 Å². The summed E-state index contributed by atoms with van der Waals surface area (Å²) in [5.41, 5.74) is 2.34. The molecule has 138 valence electrons. The number of aromatic nitrogens is 5. The largest absolute Gasteiger partial charge is 0.451 e. The number of nitrogens with zero attached hydrogens (tertiary/aromatic N) is 5. The number of rotatable bonds is 6. The van der Waals surface area contributed by atoms with Gasteiger partial charge < -0.3 is 14.1 Å². The van der Waals surface area contributed by atoms with Crippen molar-refractivity contribution in [1.82, 2.24) is 29.5 Å². The molecule has 0 radical (unpaired) electrons. The summed E-state index contributed by atoms with van der Waals surface area (Å²) in [4.78, 5) is 20.8. The number of amides is 1. The van der Waals surface area contributed by atoms with E-state index < -0.39 is 0 Å². The second kappa shape index (κ2) is 7.06. The van der Waals surface area contributed by atoms with E-state index in [0.29, 0.717) is 18.2 Å². The molecule has 27 heavy (non-hydrogen) atoms. The Labute approximate surface area is 155 Å². The Morgan fingerprint density at radius 2 is 2.11 bits per heavy atom. The van der Waals surface area contributed by atoms with Gasteiger partial charge in [-0.1, -0.05) is 13.8 Å². The van der Waals surface area contributed by atoms with Crippen LogP contribution in [0.1, 0.15) is 30.1 Å². The molecule has 0 aliphatic carbocycles. The van der Waals surface area contributed by atoms with E-state index in [1.807, 2.05) is 27.7 Å². The summed E-state index contributed by atoms with van der Waals surface area (Å²) >= 11 is 0. The molecule has 0 saturated heterocycles. The zero-order valence-corrected chi connectivity index (χ0v) is 15.2. The van der Waals surface area contributed by atoms with Crippen molar-refractivity contribution >= 4 is 11.6 Å². The van der Waals surface area contributed by atoms with Crippen molar-refractivity contribution in [3.8, 4) is 11.3 Å². The molecule has 0 fully saturated rings. The first-order chi connectivity index (χ1) is 13.1. The van der Waals surface area contributed by atoms with E-state index in [4.69, 9.17) is 4.42 Å². The summed E-state index contributed by atoms with van der Waals surface area (Å²) < 4.78 is 9.43. The van der Waals surface area contributed by atoms with Gasteiger partial charge in [-0.3, -0.25) is 14.5 Å². The third-order valence-corrected chi connectivity index (χ3v) is 4.06. The van der Waals surface area contributed by atoms with Gasteiger partial charge in [0.05, 0.1) is 30.2 Å². The predicted octanol–water partition coefficient (Wildman–Crippen LogP) is 2.77. The van der Waals surface area contributed by atoms with Crippen molar-refractivity contribution in [2.75, 3.05) is 0 Å². The van der Waals surface area contributed by atoms with Gasteiger partial charge in [0.15, 0.2) is 11.4 Å². The van der Waals surface area contributed by atoms with Crippen molar-refractivity contribution in [2.45, 2.75) is 26.9 Å². The van der Waals surface area contributed by atoms with Gasteiger partial charge in [0.1, 0.15) is 5.76 Å². The highest BCUT2D eigenvalue weighted by Gasteiger charge is 2.14. The van der Waals surface area contributed by atoms with Crippen LogP contribution in [-0.2, 0) is 13.1 Å². The molecule has 0 aromatic carbocycles. The maximum absolute atomic E-state index is 12.4. The molecule has 0 spiro atoms. The Hall–Kier alpha value is -3.42. The summed E-state index contributed by atoms with van der Waals surface area (Å²) in [5.74, 6) is 1.09. The number of hydrogen-bond acceptors (Lipinski definition) is 5. The number of carbonyl (C=O) groups excluding carboxylic acids is 1. The van der Waals surface area contributed by atoms with Crippen LogP contribution in [-0.4, -0.2) is 30.1 Å². The quantitative estimate of drug-likeness (QED) is 0.568. The molecule has 1 N–H and O–H groups in total. The van der Waals surface area contributed by atoms with Crippen LogP contribution in [0.25, 0.3) is 17.0 Å². The van der Waals surface area contributed by atoms with Gasteiger partial charge in [-0.2, -0.15) is 5.10 Å². The standard InChI is InChI=1S/C19H20N6O2/c1-13(2)10-25-11-14(7-23-25)16-3-4-17(27-16)19(26)22-8-15-12-24-6-5-20-18(24)9-21-15/h3-7,9,11-13H,8,10H2,1-2H3,(H,22,26). The predicted molar refractivity (Wildman–Crippen MR) is 98.9 cm³/mol. The Balaban J connectivity index is 1.41. The Kier molecular flexibility index (Phi) is 4.45. The second-order valence-electron chi connectivity index (χ2n) is 6.76. The fourth-order valence-electron chi connectivity index (χ4n) is 2.80. The van der Waals surface area contributed by atoms with E-state index in [1.54, 1.807) is 30.7 Å². The molecule has 0 bridgehead atoms. The first kappa shape index (κ1) is 17.0. The summed E-state index contributed by atoms with van der Waals surface area (Å²) in [6.07, 6.45) is 10.7. The van der Waals surface area contributed by atoms with E-state index in [-0.39, 0.29) is 11.7 Å². The molecule has 4 aromatic heterocycles. The van der Waals surface area contributed by atoms with Crippen molar-refractivity contribution in [3.05, 3.63) is 60.8 Å². The van der Waals surface area contributed by atoms with Gasteiger partial charge in [-0.25, -0.2) is 4.98 Å². The van der Waals surface area contributed by atoms with Gasteiger partial charge in [-0.15, -0.1) is 0 Å². The minimum atomic E-state index is -0.289. The lowest BCUT2D eigenvalue weighted by molar-refractivity contribution is 0.0923. The summed E-state index contributed by atoms with van der Waals surface area (Å²) in [7, 11) is 0. The van der Waals surface area contributed by atoms with E-state index >= 15 is 0 Å². The second-order valence-corrected chi connectivity index (χ2v) is 6.76. The molecular weight excluding hydrogens is 344 g/mol. The number of imidazole rings is 1. The fourth-order valence-corrected chi connectivity index (χ4v) is 2.80. The number of fused-ring (bicyclic) bond motifs is 1. The Bertz CT molecular complexity index is 1070. The van der Waals surface area contributed by atoms with Crippen molar-refractivity contribution in [3.63, 3.8) is 0 Å². The average Bonchev–Trinajstić information content (AvgIpc) is 3.38. The zero-order chi connectivity index (χ0) is 18.8. The normalized spacial score (nSPS) is 11.4. The molecule has 1 amide bonds. The third kappa shape index (κ3) is 3.74. The maximum Gasteiger partial charge on any atom is 0.287 e. The third-order valence-electron chi connectivity index (χ3n) is 4.06. The molecule has 0 aliphatic rings. The van der Waals surface area contributed by atoms with Crippen molar-refractivity contribution < 1.29 is 9.21 Å². The van der Waals surface area contributed by atoms with Crippen LogP contribution in [0.5, 0.6) is 0 Å². The molecule has 8 nitrogen and oxygen atoms in total. The highest BCUT2D eigenvalue weighted by Crippen LogP contribution is 2.22. The van der Waals surface area contributed by atoms with Crippen LogP contribution in [0.2, 0.25) is 0 Å². The molecule has 4 aromatic rings. The van der Waals surface area contributed by atoms with Gasteiger partial charge in [0.25, 0.3) is 5.91 Å². The topological polar surface area (TPSA) is 90.2 Å². The molecule has 8 heteroatoms. The molecular formula is C19H20N6O2. The Morgan fingerprint density at radius 1 is 1.22 bits per heavy atom. The molecule has 4 rings (SSSR count). The van der Waals surface area contributed by atoms with Crippen LogP contribution < -0.4 is 5.32 Å². The van der Waals surface area contributed by atoms with Crippen LogP contribution in [0.4, 0.5) is 0 Å². The molecule has 0 atom stereocenters. The lowest BCUT2D eigenvalue weighted by atomic mass is 10.2. The monoisotopic (exact) mass is 364 g/mol. The van der Waals surface area contributed by atoms with E-state index in [1.165, 1.54) is 0 Å². The van der Waals surface area contributed by atoms with Crippen molar-refractivity contribution in [1.29, 1.82) is 0 Å². The lowest BCUT2D eigenvalue weighted by Gasteiger charge is -2.03. The first-order valence-corrected chi connectivity index (χ1v) is 8.77. The molecule has 4 heterocycles. The molecule has 0 aliphatic heterocycles. The smallest absolute Gasteiger partial charge is 0.287 e. The van der Waals surface area contributed by atoms with Crippen LogP contribution in [0.15, 0.2) is 53.7 Å². The lowest BCUT2D eigenvalue weighted by Crippen LogP contribution is -2.23. The number of nitrogens with one attached hydrogen (secondary N) is 1. The van der Waals surface area contributed by atoms with E-state index in [0.717, 1.165) is 23.4 Å². The summed E-state index contributed by atoms with van der Waals surface area (Å²) in [6, 6.07) is 3.44. The first-order valence-electron chi connectivity index (χ1n) is 8.77. The molecule has 0 saturated carbocycles. The summed E-state index contributed by atoms with van der Waals surface area (Å²) in [5, 5.41) is 7.14. The number of furan rings is 1. The number of hydrogen-bond donors (Lipinski definition) is 1. The van der Waals surface area contributed by atoms with Gasteiger partial charge in [0, 0.05) is 31.3 Å². The van der Waals surface area contributed by atoms with Gasteiger partial charge >= 0.3 is 0 Å². The minimum Gasteiger partial charge on any atom is -0.451 e. The van der Waals surface area contributed by atoms with E-state index in [2.05, 4.69) is 34.2 Å². The van der Waals surface area contributed by atoms with Crippen LogP contribution >= 0.6 is 0 Å². The summed E-state index contributed by atoms with van der Waals surface area (Å²) in [6.45, 7) is 5.41. The van der Waals surface area contributed by atoms with E-state index in [9.17, 15) is 4.79 Å². The van der Waals surface area contributed by atoms with Crippen molar-refractivity contribution in [2.24, 2.45) is 5.92 Å². The maximum atomic E-state index is 12.4. The fraction of sp³-hybridized carbons (Fsp3) is 0.263. The molecule has 0 unspecified atom stereocenters. The Morgan fingerprint density at radius 3 is 2.96 bits per heavy atom. The SMILES string of the molecule is CC(C)Cn1cc(-c2ccc(C(=O)NCc3cn4ccnc4cn3)o2)cn1. The van der Waals surface area contributed by atoms with Gasteiger partial charge in [0.2, 0.25) is 0 Å². The van der Waals surface area contributed by atoms with Crippen LogP contribution in [0.3, 0.4) is 0 Å². The minimum absolute atomic E-state index is 0.255.